The van der Waals surface area contributed by atoms with Gasteiger partial charge >= 0.3 is 0 Å². The largest absolute Gasteiger partial charge is 0.457 e. The number of nitrogens with zero attached hydrogens (tertiary/aromatic N) is 5. The average Bonchev–Trinajstić information content (AvgIpc) is 3.46. The molecule has 0 spiro atoms. The van der Waals surface area contributed by atoms with Crippen LogP contribution in [0.15, 0.2) is 73.6 Å². The molecule has 8 nitrogen and oxygen atoms in total. The predicted octanol–water partition coefficient (Wildman–Crippen LogP) is 4.68. The van der Waals surface area contributed by atoms with Crippen molar-refractivity contribution in [2.45, 2.75) is 32.9 Å². The van der Waals surface area contributed by atoms with Crippen molar-refractivity contribution in [2.24, 2.45) is 0 Å². The SMILES string of the molecule is C.C=CC(=O)N1CCC[C@@H]1Cn1nc(-c2ccc(Oc3ccccc3)cc2)c2c(N)ncnc21. The summed E-state index contributed by atoms with van der Waals surface area (Å²) in [4.78, 5) is 22.7. The summed E-state index contributed by atoms with van der Waals surface area (Å²) in [6.45, 7) is 4.88. The predicted molar refractivity (Wildman–Crippen MR) is 133 cm³/mol. The Morgan fingerprint density at radius 1 is 1.12 bits per heavy atom. The Bertz CT molecular complexity index is 1300. The van der Waals surface area contributed by atoms with Crippen molar-refractivity contribution in [3.05, 3.63) is 73.6 Å². The number of hydrogen-bond acceptors (Lipinski definition) is 6. The molecule has 0 saturated carbocycles. The van der Waals surface area contributed by atoms with Crippen LogP contribution < -0.4 is 10.5 Å². The molecule has 1 atom stereocenters. The molecule has 4 aromatic rings. The maximum Gasteiger partial charge on any atom is 0.246 e. The van der Waals surface area contributed by atoms with E-state index in [1.54, 1.807) is 0 Å². The summed E-state index contributed by atoms with van der Waals surface area (Å²) in [6.07, 6.45) is 4.67. The molecule has 1 amide bonds. The number of amides is 1. The van der Waals surface area contributed by atoms with Crippen molar-refractivity contribution in [2.75, 3.05) is 12.3 Å². The Morgan fingerprint density at radius 2 is 1.85 bits per heavy atom. The Labute approximate surface area is 198 Å². The molecule has 1 saturated heterocycles. The van der Waals surface area contributed by atoms with Gasteiger partial charge in [0, 0.05) is 12.1 Å². The van der Waals surface area contributed by atoms with E-state index in [1.165, 1.54) is 12.4 Å². The molecule has 1 fully saturated rings. The summed E-state index contributed by atoms with van der Waals surface area (Å²) in [6, 6.07) is 17.3. The van der Waals surface area contributed by atoms with E-state index in [0.717, 1.165) is 36.4 Å². The van der Waals surface area contributed by atoms with Gasteiger partial charge in [-0.05, 0) is 55.3 Å². The van der Waals surface area contributed by atoms with Crippen LogP contribution in [-0.4, -0.2) is 43.1 Å². The Kier molecular flexibility index (Phi) is 6.58. The molecule has 0 aliphatic carbocycles. The van der Waals surface area contributed by atoms with E-state index in [9.17, 15) is 4.79 Å². The second-order valence-electron chi connectivity index (χ2n) is 7.96. The minimum atomic E-state index is -0.0580. The zero-order valence-electron chi connectivity index (χ0n) is 18.1. The second-order valence-corrected chi connectivity index (χ2v) is 7.96. The summed E-state index contributed by atoms with van der Waals surface area (Å²) >= 11 is 0. The minimum absolute atomic E-state index is 0. The van der Waals surface area contributed by atoms with Gasteiger partial charge in [-0.2, -0.15) is 5.10 Å². The minimum Gasteiger partial charge on any atom is -0.457 e. The number of nitrogen functional groups attached to an aromatic ring is 1. The smallest absolute Gasteiger partial charge is 0.246 e. The molecule has 1 aliphatic rings. The van der Waals surface area contributed by atoms with Gasteiger partial charge in [0.25, 0.3) is 0 Å². The van der Waals surface area contributed by atoms with E-state index in [-0.39, 0.29) is 19.4 Å². The first-order valence-corrected chi connectivity index (χ1v) is 10.9. The fraction of sp³-hybridized carbons (Fsp3) is 0.231. The number of carbonyl (C=O) groups excluding carboxylic acids is 1. The highest BCUT2D eigenvalue weighted by Crippen LogP contribution is 2.32. The summed E-state index contributed by atoms with van der Waals surface area (Å²) in [5.74, 6) is 1.81. The Balaban J connectivity index is 0.00000274. The summed E-state index contributed by atoms with van der Waals surface area (Å²) in [5, 5.41) is 5.55. The van der Waals surface area contributed by atoms with E-state index in [2.05, 4.69) is 16.5 Å². The van der Waals surface area contributed by atoms with E-state index < -0.39 is 0 Å². The van der Waals surface area contributed by atoms with Gasteiger partial charge in [0.05, 0.1) is 18.0 Å². The van der Waals surface area contributed by atoms with Gasteiger partial charge < -0.3 is 15.4 Å². The molecule has 2 N–H and O–H groups in total. The number of carbonyl (C=O) groups is 1. The third-order valence-corrected chi connectivity index (χ3v) is 5.88. The molecule has 0 bridgehead atoms. The molecule has 0 unspecified atom stereocenters. The van der Waals surface area contributed by atoms with Gasteiger partial charge in [-0.25, -0.2) is 14.6 Å². The maximum absolute atomic E-state index is 12.2. The summed E-state index contributed by atoms with van der Waals surface area (Å²) in [5.41, 5.74) is 8.47. The standard InChI is InChI=1S/C25H24N6O2.CH4/c1-2-21(32)30-14-6-7-18(30)15-31-25-22(24(26)27-16-28-25)23(29-31)17-10-12-20(13-11-17)33-19-8-4-3-5-9-19;/h2-5,8-13,16,18H,1,6-7,14-15H2,(H2,26,27,28);1H4/t18-;/m1./s1. The Hall–Kier alpha value is -4.20. The van der Waals surface area contributed by atoms with Crippen molar-refractivity contribution in [1.82, 2.24) is 24.6 Å². The van der Waals surface area contributed by atoms with Crippen LogP contribution >= 0.6 is 0 Å². The van der Waals surface area contributed by atoms with E-state index in [1.807, 2.05) is 64.2 Å². The zero-order valence-corrected chi connectivity index (χ0v) is 18.1. The quantitative estimate of drug-likeness (QED) is 0.423. The van der Waals surface area contributed by atoms with Crippen molar-refractivity contribution >= 4 is 22.8 Å². The first-order chi connectivity index (χ1) is 16.1. The van der Waals surface area contributed by atoms with Crippen LogP contribution in [0.25, 0.3) is 22.3 Å². The van der Waals surface area contributed by atoms with Crippen LogP contribution in [0.3, 0.4) is 0 Å². The lowest BCUT2D eigenvalue weighted by Gasteiger charge is -2.23. The number of ether oxygens (including phenoxy) is 1. The average molecular weight is 457 g/mol. The molecular formula is C26H28N6O2. The van der Waals surface area contributed by atoms with Crippen LogP contribution in [0.1, 0.15) is 20.3 Å². The van der Waals surface area contributed by atoms with Gasteiger partial charge in [0.15, 0.2) is 5.65 Å². The van der Waals surface area contributed by atoms with Crippen molar-refractivity contribution in [3.63, 3.8) is 0 Å². The van der Waals surface area contributed by atoms with Crippen LogP contribution in [0.4, 0.5) is 5.82 Å². The molecule has 3 heterocycles. The van der Waals surface area contributed by atoms with Gasteiger partial charge in [0.2, 0.25) is 5.91 Å². The molecule has 8 heteroatoms. The fourth-order valence-corrected chi connectivity index (χ4v) is 4.30. The lowest BCUT2D eigenvalue weighted by Crippen LogP contribution is -2.37. The number of benzene rings is 2. The lowest BCUT2D eigenvalue weighted by molar-refractivity contribution is -0.127. The normalized spacial score (nSPS) is 15.2. The number of fused-ring (bicyclic) bond motifs is 1. The van der Waals surface area contributed by atoms with Crippen LogP contribution in [0, 0.1) is 0 Å². The van der Waals surface area contributed by atoms with Crippen LogP contribution in [0.2, 0.25) is 0 Å². The molecule has 174 valence electrons. The Morgan fingerprint density at radius 3 is 2.59 bits per heavy atom. The third kappa shape index (κ3) is 4.34. The highest BCUT2D eigenvalue weighted by molar-refractivity contribution is 5.98. The van der Waals surface area contributed by atoms with E-state index in [4.69, 9.17) is 15.6 Å². The topological polar surface area (TPSA) is 99.2 Å². The monoisotopic (exact) mass is 456 g/mol. The van der Waals surface area contributed by atoms with Crippen LogP contribution in [0.5, 0.6) is 11.5 Å². The first kappa shape index (κ1) is 23.0. The first-order valence-electron chi connectivity index (χ1n) is 10.9. The van der Waals surface area contributed by atoms with Gasteiger partial charge in [0.1, 0.15) is 29.3 Å². The van der Waals surface area contributed by atoms with E-state index in [0.29, 0.717) is 29.1 Å². The number of para-hydroxylation sites is 1. The number of aromatic nitrogens is 4. The van der Waals surface area contributed by atoms with Crippen molar-refractivity contribution in [3.8, 4) is 22.8 Å². The zero-order chi connectivity index (χ0) is 22.8. The molecule has 5 rings (SSSR count). The molecule has 2 aromatic carbocycles. The molecule has 1 aliphatic heterocycles. The van der Waals surface area contributed by atoms with Crippen LogP contribution in [-0.2, 0) is 11.3 Å². The number of anilines is 1. The lowest BCUT2D eigenvalue weighted by atomic mass is 10.1. The molecule has 0 radical (unpaired) electrons. The fourth-order valence-electron chi connectivity index (χ4n) is 4.30. The number of rotatable bonds is 6. The summed E-state index contributed by atoms with van der Waals surface area (Å²) < 4.78 is 7.73. The van der Waals surface area contributed by atoms with Gasteiger partial charge in [-0.3, -0.25) is 4.79 Å². The summed E-state index contributed by atoms with van der Waals surface area (Å²) in [7, 11) is 0. The highest BCUT2D eigenvalue weighted by atomic mass is 16.5. The number of hydrogen-bond donors (Lipinski definition) is 1. The highest BCUT2D eigenvalue weighted by Gasteiger charge is 2.29. The van der Waals surface area contributed by atoms with Crippen molar-refractivity contribution in [1.29, 1.82) is 0 Å². The maximum atomic E-state index is 12.2. The third-order valence-electron chi connectivity index (χ3n) is 5.88. The number of nitrogens with two attached hydrogens (primary N) is 1. The van der Waals surface area contributed by atoms with Gasteiger partial charge in [-0.1, -0.05) is 32.2 Å². The molecule has 34 heavy (non-hydrogen) atoms. The van der Waals surface area contributed by atoms with E-state index >= 15 is 0 Å². The molecular weight excluding hydrogens is 428 g/mol. The van der Waals surface area contributed by atoms with Gasteiger partial charge in [-0.15, -0.1) is 0 Å². The number of likely N-dealkylation sites (tertiary alicyclic amines) is 1. The van der Waals surface area contributed by atoms with Crippen molar-refractivity contribution < 1.29 is 9.53 Å². The molecule has 2 aromatic heterocycles. The second kappa shape index (κ2) is 9.74.